The predicted molar refractivity (Wildman–Crippen MR) is 88.3 cm³/mol. The third-order valence-electron chi connectivity index (χ3n) is 4.86. The lowest BCUT2D eigenvalue weighted by molar-refractivity contribution is -0.135. The van der Waals surface area contributed by atoms with Crippen LogP contribution >= 0.6 is 0 Å². The van der Waals surface area contributed by atoms with Crippen molar-refractivity contribution in [3.05, 3.63) is 24.3 Å². The molecule has 0 unspecified atom stereocenters. The summed E-state index contributed by atoms with van der Waals surface area (Å²) in [5, 5.41) is 0. The number of para-hydroxylation sites is 2. The number of amides is 1. The summed E-state index contributed by atoms with van der Waals surface area (Å²) in [6, 6.07) is 8.16. The van der Waals surface area contributed by atoms with Gasteiger partial charge >= 0.3 is 0 Å². The lowest BCUT2D eigenvalue weighted by atomic mass is 10.1. The minimum atomic E-state index is 0.0465. The number of ether oxygens (including phenoxy) is 1. The van der Waals surface area contributed by atoms with E-state index in [1.54, 1.807) is 0 Å². The number of carbonyl (C=O) groups excluding carboxylic acids is 1. The second-order valence-corrected chi connectivity index (χ2v) is 6.45. The van der Waals surface area contributed by atoms with E-state index in [0.717, 1.165) is 37.4 Å². The van der Waals surface area contributed by atoms with E-state index in [0.29, 0.717) is 12.5 Å². The molecule has 0 radical (unpaired) electrons. The van der Waals surface area contributed by atoms with Crippen LogP contribution in [0.1, 0.15) is 32.6 Å². The van der Waals surface area contributed by atoms with Crippen LogP contribution in [0.2, 0.25) is 0 Å². The first-order valence-electron chi connectivity index (χ1n) is 8.44. The minimum Gasteiger partial charge on any atom is -0.485 e. The first-order valence-corrected chi connectivity index (χ1v) is 8.44. The Morgan fingerprint density at radius 3 is 2.77 bits per heavy atom. The van der Waals surface area contributed by atoms with Crippen LogP contribution in [0.25, 0.3) is 0 Å². The maximum absolute atomic E-state index is 12.5. The molecule has 4 nitrogen and oxygen atoms in total. The molecule has 1 fully saturated rings. The van der Waals surface area contributed by atoms with Crippen molar-refractivity contribution < 1.29 is 9.53 Å². The van der Waals surface area contributed by atoms with E-state index in [1.165, 1.54) is 12.8 Å². The zero-order chi connectivity index (χ0) is 15.5. The molecule has 1 aliphatic heterocycles. The summed E-state index contributed by atoms with van der Waals surface area (Å²) in [5.74, 6) is 1.47. The van der Waals surface area contributed by atoms with Gasteiger partial charge in [-0.1, -0.05) is 25.0 Å². The molecule has 1 amide bonds. The summed E-state index contributed by atoms with van der Waals surface area (Å²) in [6.07, 6.45) is 4.55. The van der Waals surface area contributed by atoms with E-state index in [1.807, 2.05) is 30.1 Å². The molecule has 0 N–H and O–H groups in total. The third kappa shape index (κ3) is 3.06. The van der Waals surface area contributed by atoms with Crippen LogP contribution in [0.4, 0.5) is 5.69 Å². The monoisotopic (exact) mass is 302 g/mol. The average Bonchev–Trinajstić information content (AvgIpc) is 3.07. The molecular weight excluding hydrogens is 276 g/mol. The second-order valence-electron chi connectivity index (χ2n) is 6.45. The van der Waals surface area contributed by atoms with E-state index in [-0.39, 0.29) is 12.0 Å². The second kappa shape index (κ2) is 6.59. The molecule has 1 saturated carbocycles. The molecule has 22 heavy (non-hydrogen) atoms. The molecule has 1 aliphatic carbocycles. The molecule has 0 bridgehead atoms. The Balaban J connectivity index is 1.65. The van der Waals surface area contributed by atoms with Crippen molar-refractivity contribution in [3.63, 3.8) is 0 Å². The molecule has 1 aromatic rings. The molecule has 3 rings (SSSR count). The van der Waals surface area contributed by atoms with E-state index in [4.69, 9.17) is 4.74 Å². The van der Waals surface area contributed by atoms with Gasteiger partial charge in [0.2, 0.25) is 5.91 Å². The van der Waals surface area contributed by atoms with Crippen LogP contribution in [-0.2, 0) is 4.79 Å². The fourth-order valence-corrected chi connectivity index (χ4v) is 3.65. The number of hydrogen-bond donors (Lipinski definition) is 0. The largest absolute Gasteiger partial charge is 0.485 e. The SMILES string of the molecule is CCN1C[C@@H](CN(C)C(=O)C2CCCC2)Oc2ccccc21. The van der Waals surface area contributed by atoms with Crippen LogP contribution in [-0.4, -0.2) is 43.6 Å². The fourth-order valence-electron chi connectivity index (χ4n) is 3.65. The van der Waals surface area contributed by atoms with Crippen molar-refractivity contribution in [1.82, 2.24) is 4.90 Å². The normalized spacial score (nSPS) is 21.4. The Morgan fingerprint density at radius 2 is 2.05 bits per heavy atom. The smallest absolute Gasteiger partial charge is 0.225 e. The van der Waals surface area contributed by atoms with Crippen molar-refractivity contribution in [1.29, 1.82) is 0 Å². The van der Waals surface area contributed by atoms with E-state index in [2.05, 4.69) is 17.9 Å². The summed E-state index contributed by atoms with van der Waals surface area (Å²) in [4.78, 5) is 16.7. The molecule has 1 atom stereocenters. The molecule has 1 aromatic carbocycles. The molecule has 2 aliphatic rings. The van der Waals surface area contributed by atoms with Crippen molar-refractivity contribution in [2.75, 3.05) is 31.6 Å². The Hall–Kier alpha value is -1.71. The van der Waals surface area contributed by atoms with E-state index in [9.17, 15) is 4.79 Å². The van der Waals surface area contributed by atoms with Crippen LogP contribution in [0.5, 0.6) is 5.75 Å². The zero-order valence-corrected chi connectivity index (χ0v) is 13.6. The number of anilines is 1. The number of carbonyl (C=O) groups is 1. The molecule has 0 aromatic heterocycles. The van der Waals surface area contributed by atoms with Crippen molar-refractivity contribution in [2.24, 2.45) is 5.92 Å². The van der Waals surface area contributed by atoms with Crippen molar-refractivity contribution in [2.45, 2.75) is 38.7 Å². The van der Waals surface area contributed by atoms with Gasteiger partial charge in [-0.05, 0) is 31.9 Å². The lowest BCUT2D eigenvalue weighted by Crippen LogP contribution is -2.47. The third-order valence-corrected chi connectivity index (χ3v) is 4.86. The highest BCUT2D eigenvalue weighted by atomic mass is 16.5. The first kappa shape index (κ1) is 15.2. The fraction of sp³-hybridized carbons (Fsp3) is 0.611. The summed E-state index contributed by atoms with van der Waals surface area (Å²) in [5.41, 5.74) is 1.16. The lowest BCUT2D eigenvalue weighted by Gasteiger charge is -2.37. The van der Waals surface area contributed by atoms with Gasteiger partial charge in [0.05, 0.1) is 18.8 Å². The number of benzene rings is 1. The van der Waals surface area contributed by atoms with Crippen LogP contribution < -0.4 is 9.64 Å². The molecule has 4 heteroatoms. The zero-order valence-electron chi connectivity index (χ0n) is 13.6. The van der Waals surface area contributed by atoms with Crippen molar-refractivity contribution in [3.8, 4) is 5.75 Å². The molecular formula is C18H26N2O2. The summed E-state index contributed by atoms with van der Waals surface area (Å²) >= 11 is 0. The van der Waals surface area contributed by atoms with Crippen LogP contribution in [0.15, 0.2) is 24.3 Å². The molecule has 0 saturated heterocycles. The first-order chi connectivity index (χ1) is 10.7. The topological polar surface area (TPSA) is 32.8 Å². The Bertz CT molecular complexity index is 526. The van der Waals surface area contributed by atoms with Gasteiger partial charge in [-0.15, -0.1) is 0 Å². The van der Waals surface area contributed by atoms with Gasteiger partial charge in [0, 0.05) is 19.5 Å². The van der Waals surface area contributed by atoms with Crippen LogP contribution in [0, 0.1) is 5.92 Å². The maximum atomic E-state index is 12.5. The Morgan fingerprint density at radius 1 is 1.32 bits per heavy atom. The highest BCUT2D eigenvalue weighted by molar-refractivity contribution is 5.78. The quantitative estimate of drug-likeness (QED) is 0.857. The summed E-state index contributed by atoms with van der Waals surface area (Å²) in [7, 11) is 1.92. The van der Waals surface area contributed by atoms with Gasteiger partial charge in [-0.25, -0.2) is 0 Å². The van der Waals surface area contributed by atoms with Gasteiger partial charge < -0.3 is 14.5 Å². The molecule has 0 spiro atoms. The Labute approximate surface area is 133 Å². The van der Waals surface area contributed by atoms with Gasteiger partial charge in [-0.3, -0.25) is 4.79 Å². The van der Waals surface area contributed by atoms with Crippen LogP contribution in [0.3, 0.4) is 0 Å². The summed E-state index contributed by atoms with van der Waals surface area (Å²) in [6.45, 7) is 4.62. The standard InChI is InChI=1S/C18H26N2O2/c1-3-20-13-15(22-17-11-7-6-10-16(17)20)12-19(2)18(21)14-8-4-5-9-14/h6-7,10-11,14-15H,3-5,8-9,12-13H2,1-2H3/t15-/m1/s1. The maximum Gasteiger partial charge on any atom is 0.225 e. The number of hydrogen-bond acceptors (Lipinski definition) is 3. The Kier molecular flexibility index (Phi) is 4.55. The number of fused-ring (bicyclic) bond motifs is 1. The van der Waals surface area contributed by atoms with Gasteiger partial charge in [0.15, 0.2) is 0 Å². The van der Waals surface area contributed by atoms with Gasteiger partial charge in [0.25, 0.3) is 0 Å². The highest BCUT2D eigenvalue weighted by Gasteiger charge is 2.30. The van der Waals surface area contributed by atoms with E-state index < -0.39 is 0 Å². The minimum absolute atomic E-state index is 0.0465. The number of nitrogens with zero attached hydrogens (tertiary/aromatic N) is 2. The molecule has 1 heterocycles. The van der Waals surface area contributed by atoms with Gasteiger partial charge in [-0.2, -0.15) is 0 Å². The van der Waals surface area contributed by atoms with Gasteiger partial charge in [0.1, 0.15) is 11.9 Å². The summed E-state index contributed by atoms with van der Waals surface area (Å²) < 4.78 is 6.11. The average molecular weight is 302 g/mol. The highest BCUT2D eigenvalue weighted by Crippen LogP contribution is 2.33. The number of likely N-dealkylation sites (N-methyl/N-ethyl adjacent to an activating group) is 2. The van der Waals surface area contributed by atoms with Crippen molar-refractivity contribution >= 4 is 11.6 Å². The predicted octanol–water partition coefficient (Wildman–Crippen LogP) is 2.92. The van der Waals surface area contributed by atoms with E-state index >= 15 is 0 Å². The number of rotatable bonds is 4. The molecule has 120 valence electrons.